The van der Waals surface area contributed by atoms with Gasteiger partial charge in [0.15, 0.2) is 0 Å². The van der Waals surface area contributed by atoms with E-state index in [0.29, 0.717) is 6.54 Å². The molecule has 98 valence electrons. The van der Waals surface area contributed by atoms with Gasteiger partial charge >= 0.3 is 0 Å². The molecular weight excluding hydrogens is 281 g/mol. The Labute approximate surface area is 117 Å². The fraction of sp³-hybridized carbons (Fsp3) is 0.600. The summed E-state index contributed by atoms with van der Waals surface area (Å²) in [4.78, 5) is 15.8. The van der Waals surface area contributed by atoms with Crippen LogP contribution in [0.3, 0.4) is 0 Å². The van der Waals surface area contributed by atoms with Crippen molar-refractivity contribution in [3.8, 4) is 0 Å². The molecule has 1 amide bonds. The molecular formula is C10H17Cl2N3OS. The SMILES string of the molecule is Cl.Cl.O=C(NCc1nccs1)C1CCCNC1. The number of hydrogen-bond acceptors (Lipinski definition) is 4. The highest BCUT2D eigenvalue weighted by atomic mass is 35.5. The number of nitrogens with one attached hydrogen (secondary N) is 2. The van der Waals surface area contributed by atoms with Crippen LogP contribution >= 0.6 is 36.2 Å². The van der Waals surface area contributed by atoms with Crippen LogP contribution in [0.4, 0.5) is 0 Å². The van der Waals surface area contributed by atoms with Gasteiger partial charge in [-0.25, -0.2) is 4.98 Å². The van der Waals surface area contributed by atoms with Crippen molar-refractivity contribution >= 4 is 42.1 Å². The fourth-order valence-electron chi connectivity index (χ4n) is 1.72. The van der Waals surface area contributed by atoms with Crippen molar-refractivity contribution < 1.29 is 4.79 Å². The van der Waals surface area contributed by atoms with E-state index in [2.05, 4.69) is 15.6 Å². The molecule has 1 fully saturated rings. The molecule has 1 aliphatic rings. The van der Waals surface area contributed by atoms with Crippen LogP contribution in [0.5, 0.6) is 0 Å². The first-order valence-corrected chi connectivity index (χ1v) is 6.11. The third-order valence-corrected chi connectivity index (χ3v) is 3.34. The Balaban J connectivity index is 0.00000128. The second-order valence-corrected chi connectivity index (χ2v) is 4.67. The summed E-state index contributed by atoms with van der Waals surface area (Å²) in [5.74, 6) is 0.288. The maximum absolute atomic E-state index is 11.7. The van der Waals surface area contributed by atoms with E-state index in [0.717, 1.165) is 30.9 Å². The monoisotopic (exact) mass is 297 g/mol. The Hall–Kier alpha value is -0.360. The van der Waals surface area contributed by atoms with Crippen molar-refractivity contribution in [1.29, 1.82) is 0 Å². The van der Waals surface area contributed by atoms with Gasteiger partial charge in [-0.05, 0) is 19.4 Å². The van der Waals surface area contributed by atoms with Gasteiger partial charge in [-0.3, -0.25) is 4.79 Å². The van der Waals surface area contributed by atoms with Gasteiger partial charge in [0.1, 0.15) is 5.01 Å². The van der Waals surface area contributed by atoms with E-state index in [1.54, 1.807) is 17.5 Å². The normalized spacial score (nSPS) is 18.7. The number of piperidine rings is 1. The lowest BCUT2D eigenvalue weighted by Crippen LogP contribution is -2.40. The Kier molecular flexibility index (Phi) is 8.51. The van der Waals surface area contributed by atoms with Crippen molar-refractivity contribution in [2.75, 3.05) is 13.1 Å². The number of carbonyl (C=O) groups is 1. The topological polar surface area (TPSA) is 54.0 Å². The number of rotatable bonds is 3. The molecule has 1 aliphatic heterocycles. The molecule has 0 radical (unpaired) electrons. The predicted octanol–water partition coefficient (Wildman–Crippen LogP) is 1.60. The van der Waals surface area contributed by atoms with E-state index in [1.165, 1.54) is 0 Å². The smallest absolute Gasteiger partial charge is 0.224 e. The first kappa shape index (κ1) is 16.6. The van der Waals surface area contributed by atoms with Crippen LogP contribution in [-0.4, -0.2) is 24.0 Å². The summed E-state index contributed by atoms with van der Waals surface area (Å²) in [6.45, 7) is 2.41. The summed E-state index contributed by atoms with van der Waals surface area (Å²) in [7, 11) is 0. The second kappa shape index (κ2) is 8.69. The van der Waals surface area contributed by atoms with Crippen LogP contribution in [0, 0.1) is 5.92 Å². The van der Waals surface area contributed by atoms with Crippen molar-refractivity contribution in [3.63, 3.8) is 0 Å². The molecule has 0 aromatic carbocycles. The minimum absolute atomic E-state index is 0. The van der Waals surface area contributed by atoms with E-state index in [-0.39, 0.29) is 36.6 Å². The maximum atomic E-state index is 11.7. The molecule has 1 unspecified atom stereocenters. The third-order valence-electron chi connectivity index (χ3n) is 2.56. The highest BCUT2D eigenvalue weighted by Crippen LogP contribution is 2.10. The van der Waals surface area contributed by atoms with Gasteiger partial charge in [-0.2, -0.15) is 0 Å². The largest absolute Gasteiger partial charge is 0.349 e. The van der Waals surface area contributed by atoms with Gasteiger partial charge in [0.2, 0.25) is 5.91 Å². The van der Waals surface area contributed by atoms with E-state index < -0.39 is 0 Å². The number of carbonyl (C=O) groups excluding carboxylic acids is 1. The van der Waals surface area contributed by atoms with Crippen LogP contribution in [0.25, 0.3) is 0 Å². The Morgan fingerprint density at radius 2 is 2.41 bits per heavy atom. The zero-order valence-corrected chi connectivity index (χ0v) is 11.8. The van der Waals surface area contributed by atoms with Crippen molar-refractivity contribution in [3.05, 3.63) is 16.6 Å². The van der Waals surface area contributed by atoms with Gasteiger partial charge in [0.05, 0.1) is 12.5 Å². The highest BCUT2D eigenvalue weighted by molar-refractivity contribution is 7.09. The van der Waals surface area contributed by atoms with Crippen LogP contribution in [-0.2, 0) is 11.3 Å². The number of thiazole rings is 1. The lowest BCUT2D eigenvalue weighted by atomic mass is 9.99. The minimum Gasteiger partial charge on any atom is -0.349 e. The maximum Gasteiger partial charge on any atom is 0.224 e. The van der Waals surface area contributed by atoms with Crippen LogP contribution in [0.15, 0.2) is 11.6 Å². The molecule has 7 heteroatoms. The molecule has 0 bridgehead atoms. The number of hydrogen-bond donors (Lipinski definition) is 2. The van der Waals surface area contributed by atoms with Gasteiger partial charge < -0.3 is 10.6 Å². The third kappa shape index (κ3) is 5.21. The summed E-state index contributed by atoms with van der Waals surface area (Å²) in [5, 5.41) is 9.04. The molecule has 1 saturated heterocycles. The van der Waals surface area contributed by atoms with Crippen molar-refractivity contribution in [1.82, 2.24) is 15.6 Å². The zero-order valence-electron chi connectivity index (χ0n) is 9.35. The molecule has 4 nitrogen and oxygen atoms in total. The molecule has 0 aliphatic carbocycles. The molecule has 2 N–H and O–H groups in total. The van der Waals surface area contributed by atoms with Crippen molar-refractivity contribution in [2.45, 2.75) is 19.4 Å². The number of amides is 1. The second-order valence-electron chi connectivity index (χ2n) is 3.69. The van der Waals surface area contributed by atoms with E-state index in [9.17, 15) is 4.79 Å². The summed E-state index contributed by atoms with van der Waals surface area (Å²) in [6, 6.07) is 0. The summed E-state index contributed by atoms with van der Waals surface area (Å²) in [5.41, 5.74) is 0. The predicted molar refractivity (Wildman–Crippen MR) is 74.1 cm³/mol. The number of halogens is 2. The lowest BCUT2D eigenvalue weighted by Gasteiger charge is -2.21. The highest BCUT2D eigenvalue weighted by Gasteiger charge is 2.20. The molecule has 1 aromatic heterocycles. The molecule has 1 atom stereocenters. The van der Waals surface area contributed by atoms with Crippen LogP contribution < -0.4 is 10.6 Å². The number of nitrogens with zero attached hydrogens (tertiary/aromatic N) is 1. The molecule has 1 aromatic rings. The average Bonchev–Trinajstić information content (AvgIpc) is 2.80. The molecule has 0 spiro atoms. The minimum atomic E-state index is 0. The summed E-state index contributed by atoms with van der Waals surface area (Å²) < 4.78 is 0. The molecule has 0 saturated carbocycles. The van der Waals surface area contributed by atoms with Gasteiger partial charge in [-0.1, -0.05) is 0 Å². The lowest BCUT2D eigenvalue weighted by molar-refractivity contribution is -0.125. The van der Waals surface area contributed by atoms with Gasteiger partial charge in [-0.15, -0.1) is 36.2 Å². The van der Waals surface area contributed by atoms with E-state index in [1.807, 2.05) is 5.38 Å². The quantitative estimate of drug-likeness (QED) is 0.891. The Morgan fingerprint density at radius 3 is 3.00 bits per heavy atom. The zero-order chi connectivity index (χ0) is 10.5. The summed E-state index contributed by atoms with van der Waals surface area (Å²) in [6.07, 6.45) is 3.85. The summed E-state index contributed by atoms with van der Waals surface area (Å²) >= 11 is 1.57. The number of aromatic nitrogens is 1. The Morgan fingerprint density at radius 1 is 1.59 bits per heavy atom. The van der Waals surface area contributed by atoms with Crippen LogP contribution in [0.1, 0.15) is 17.8 Å². The standard InChI is InChI=1S/C10H15N3OS.2ClH/c14-10(8-2-1-3-11-6-8)13-7-9-12-4-5-15-9;;/h4-5,8,11H,1-3,6-7H2,(H,13,14);2*1H. The fourth-order valence-corrected chi connectivity index (χ4v) is 2.28. The first-order chi connectivity index (χ1) is 7.36. The van der Waals surface area contributed by atoms with Crippen LogP contribution in [0.2, 0.25) is 0 Å². The Bertz CT molecular complexity index is 315. The van der Waals surface area contributed by atoms with Gasteiger partial charge in [0.25, 0.3) is 0 Å². The van der Waals surface area contributed by atoms with E-state index >= 15 is 0 Å². The molecule has 2 rings (SSSR count). The average molecular weight is 298 g/mol. The molecule has 2 heterocycles. The van der Waals surface area contributed by atoms with Crippen molar-refractivity contribution in [2.24, 2.45) is 5.92 Å². The van der Waals surface area contributed by atoms with E-state index in [4.69, 9.17) is 0 Å². The van der Waals surface area contributed by atoms with Gasteiger partial charge in [0, 0.05) is 18.1 Å². The molecule has 17 heavy (non-hydrogen) atoms. The first-order valence-electron chi connectivity index (χ1n) is 5.23.